The molecule has 0 aromatic heterocycles. The molecular formula is C19H16F3N3O4. The second-order valence-electron chi connectivity index (χ2n) is 6.45. The van der Waals surface area contributed by atoms with Crippen LogP contribution in [0.5, 0.6) is 0 Å². The van der Waals surface area contributed by atoms with Crippen molar-refractivity contribution in [3.8, 4) is 0 Å². The Morgan fingerprint density at radius 3 is 2.34 bits per heavy atom. The van der Waals surface area contributed by atoms with E-state index < -0.39 is 28.1 Å². The highest BCUT2D eigenvalue weighted by atomic mass is 19.4. The van der Waals surface area contributed by atoms with Gasteiger partial charge in [-0.25, -0.2) is 0 Å². The van der Waals surface area contributed by atoms with Crippen molar-refractivity contribution in [2.24, 2.45) is 0 Å². The highest BCUT2D eigenvalue weighted by Crippen LogP contribution is 2.33. The Balaban J connectivity index is 2.02. The second kappa shape index (κ2) is 7.90. The van der Waals surface area contributed by atoms with Crippen molar-refractivity contribution in [2.45, 2.75) is 19.0 Å². The van der Waals surface area contributed by atoms with Gasteiger partial charge in [0.05, 0.1) is 16.1 Å². The number of hydrogen-bond donors (Lipinski definition) is 0. The Labute approximate surface area is 163 Å². The molecule has 1 aliphatic rings. The van der Waals surface area contributed by atoms with E-state index in [2.05, 4.69) is 0 Å². The van der Waals surface area contributed by atoms with Crippen LogP contribution in [0.25, 0.3) is 0 Å². The van der Waals surface area contributed by atoms with E-state index in [9.17, 15) is 32.9 Å². The highest BCUT2D eigenvalue weighted by Gasteiger charge is 2.37. The summed E-state index contributed by atoms with van der Waals surface area (Å²) in [7, 11) is 0. The molecule has 0 N–H and O–H groups in total. The van der Waals surface area contributed by atoms with Gasteiger partial charge in [0, 0.05) is 30.8 Å². The van der Waals surface area contributed by atoms with Crippen molar-refractivity contribution in [3.63, 3.8) is 0 Å². The maximum atomic E-state index is 13.4. The predicted molar refractivity (Wildman–Crippen MR) is 97.2 cm³/mol. The minimum Gasteiger partial charge on any atom is -0.324 e. The summed E-state index contributed by atoms with van der Waals surface area (Å²) in [5.74, 6) is -1.17. The van der Waals surface area contributed by atoms with E-state index in [-0.39, 0.29) is 24.0 Å². The van der Waals surface area contributed by atoms with Gasteiger partial charge in [0.25, 0.3) is 11.6 Å². The van der Waals surface area contributed by atoms with Crippen molar-refractivity contribution in [2.75, 3.05) is 18.1 Å². The minimum atomic E-state index is -4.74. The molecule has 0 bridgehead atoms. The number of nitro benzene ring substituents is 1. The average molecular weight is 407 g/mol. The molecule has 2 aromatic carbocycles. The molecule has 7 nitrogen and oxygen atoms in total. The first-order valence-electron chi connectivity index (χ1n) is 8.69. The fourth-order valence-electron chi connectivity index (χ4n) is 3.10. The Morgan fingerprint density at radius 2 is 1.79 bits per heavy atom. The van der Waals surface area contributed by atoms with E-state index in [4.69, 9.17) is 0 Å². The summed E-state index contributed by atoms with van der Waals surface area (Å²) in [5, 5.41) is 10.9. The molecule has 3 rings (SSSR count). The molecule has 0 atom stereocenters. The number of carbonyl (C=O) groups is 2. The summed E-state index contributed by atoms with van der Waals surface area (Å²) in [5.41, 5.74) is -1.74. The molecule has 1 saturated heterocycles. The lowest BCUT2D eigenvalue weighted by molar-refractivity contribution is -0.384. The SMILES string of the molecule is O=C1CCCN1CN(C(=O)c1ccccc1C(F)(F)F)c1ccc([N+](=O)[O-])cc1. The summed E-state index contributed by atoms with van der Waals surface area (Å²) in [6, 6.07) is 9.21. The van der Waals surface area contributed by atoms with Gasteiger partial charge in [-0.1, -0.05) is 12.1 Å². The number of non-ortho nitro benzene ring substituents is 1. The van der Waals surface area contributed by atoms with Crippen LogP contribution in [0, 0.1) is 10.1 Å². The van der Waals surface area contributed by atoms with Crippen LogP contribution in [0.15, 0.2) is 48.5 Å². The van der Waals surface area contributed by atoms with E-state index in [1.165, 1.54) is 29.2 Å². The monoisotopic (exact) mass is 407 g/mol. The lowest BCUT2D eigenvalue weighted by atomic mass is 10.1. The Hall–Kier alpha value is -3.43. The zero-order chi connectivity index (χ0) is 21.2. The first-order valence-corrected chi connectivity index (χ1v) is 8.69. The molecule has 0 saturated carbocycles. The molecule has 29 heavy (non-hydrogen) atoms. The van der Waals surface area contributed by atoms with E-state index in [1.807, 2.05) is 0 Å². The first-order chi connectivity index (χ1) is 13.7. The summed E-state index contributed by atoms with van der Waals surface area (Å²) >= 11 is 0. The van der Waals surface area contributed by atoms with Gasteiger partial charge >= 0.3 is 6.18 Å². The number of likely N-dealkylation sites (tertiary alicyclic amines) is 1. The van der Waals surface area contributed by atoms with Crippen molar-refractivity contribution >= 4 is 23.2 Å². The minimum absolute atomic E-state index is 0.150. The number of hydrogen-bond acceptors (Lipinski definition) is 4. The van der Waals surface area contributed by atoms with Crippen LogP contribution in [-0.2, 0) is 11.0 Å². The summed E-state index contributed by atoms with van der Waals surface area (Å²) < 4.78 is 40.1. The van der Waals surface area contributed by atoms with Crippen LogP contribution in [0.2, 0.25) is 0 Å². The number of halogens is 3. The number of nitrogens with zero attached hydrogens (tertiary/aromatic N) is 3. The van der Waals surface area contributed by atoms with Crippen LogP contribution in [0.1, 0.15) is 28.8 Å². The largest absolute Gasteiger partial charge is 0.417 e. The molecule has 0 radical (unpaired) electrons. The number of nitro groups is 1. The van der Waals surface area contributed by atoms with Gasteiger partial charge in [0.15, 0.2) is 0 Å². The highest BCUT2D eigenvalue weighted by molar-refractivity contribution is 6.07. The van der Waals surface area contributed by atoms with Gasteiger partial charge in [-0.3, -0.25) is 24.6 Å². The van der Waals surface area contributed by atoms with Gasteiger partial charge in [0.2, 0.25) is 5.91 Å². The van der Waals surface area contributed by atoms with Gasteiger partial charge in [-0.2, -0.15) is 13.2 Å². The molecule has 152 valence electrons. The summed E-state index contributed by atoms with van der Waals surface area (Å²) in [6.45, 7) is 0.123. The molecule has 0 unspecified atom stereocenters. The maximum absolute atomic E-state index is 13.4. The van der Waals surface area contributed by atoms with Crippen molar-refractivity contribution < 1.29 is 27.7 Å². The molecule has 0 spiro atoms. The molecule has 1 fully saturated rings. The number of anilines is 1. The normalized spacial score (nSPS) is 14.2. The Morgan fingerprint density at radius 1 is 1.14 bits per heavy atom. The first kappa shape index (κ1) is 20.3. The van der Waals surface area contributed by atoms with Crippen molar-refractivity contribution in [1.29, 1.82) is 0 Å². The topological polar surface area (TPSA) is 83.8 Å². The third kappa shape index (κ3) is 4.36. The van der Waals surface area contributed by atoms with Gasteiger partial charge in [0.1, 0.15) is 6.67 Å². The van der Waals surface area contributed by atoms with E-state index >= 15 is 0 Å². The number of alkyl halides is 3. The predicted octanol–water partition coefficient (Wildman–Crippen LogP) is 3.84. The lowest BCUT2D eigenvalue weighted by Gasteiger charge is -2.29. The molecule has 10 heteroatoms. The fourth-order valence-corrected chi connectivity index (χ4v) is 3.10. The molecular weight excluding hydrogens is 391 g/mol. The zero-order valence-corrected chi connectivity index (χ0v) is 15.1. The van der Waals surface area contributed by atoms with Gasteiger partial charge < -0.3 is 4.90 Å². The van der Waals surface area contributed by atoms with E-state index in [1.54, 1.807) is 0 Å². The van der Waals surface area contributed by atoms with Crippen molar-refractivity contribution in [1.82, 2.24) is 4.90 Å². The van der Waals surface area contributed by atoms with Gasteiger partial charge in [-0.15, -0.1) is 0 Å². The average Bonchev–Trinajstić information content (AvgIpc) is 3.09. The third-order valence-corrected chi connectivity index (χ3v) is 4.56. The number of amides is 2. The molecule has 0 aliphatic carbocycles. The third-order valence-electron chi connectivity index (χ3n) is 4.56. The smallest absolute Gasteiger partial charge is 0.324 e. The van der Waals surface area contributed by atoms with Crippen molar-refractivity contribution in [3.05, 3.63) is 69.8 Å². The number of benzene rings is 2. The maximum Gasteiger partial charge on any atom is 0.417 e. The van der Waals surface area contributed by atoms with E-state index in [0.29, 0.717) is 19.4 Å². The number of rotatable bonds is 5. The Bertz CT molecular complexity index is 944. The molecule has 2 amide bonds. The molecule has 1 heterocycles. The number of carbonyl (C=O) groups excluding carboxylic acids is 2. The molecule has 2 aromatic rings. The summed E-state index contributed by atoms with van der Waals surface area (Å²) in [4.78, 5) is 37.7. The zero-order valence-electron chi connectivity index (χ0n) is 15.1. The van der Waals surface area contributed by atoms with Crippen LogP contribution >= 0.6 is 0 Å². The van der Waals surface area contributed by atoms with E-state index in [0.717, 1.165) is 29.2 Å². The Kier molecular flexibility index (Phi) is 5.53. The molecule has 1 aliphatic heterocycles. The van der Waals surface area contributed by atoms with Crippen LogP contribution in [-0.4, -0.2) is 34.9 Å². The van der Waals surface area contributed by atoms with Gasteiger partial charge in [-0.05, 0) is 30.7 Å². The van der Waals surface area contributed by atoms with Crippen LogP contribution in [0.3, 0.4) is 0 Å². The standard InChI is InChI=1S/C19H16F3N3O4/c20-19(21,22)16-5-2-1-4-15(16)18(27)24(12-23-11-3-6-17(23)26)13-7-9-14(10-8-13)25(28)29/h1-2,4-5,7-10H,3,6,11-12H2. The van der Waals surface area contributed by atoms with Crippen LogP contribution < -0.4 is 4.90 Å². The fraction of sp³-hybridized carbons (Fsp3) is 0.263. The second-order valence-corrected chi connectivity index (χ2v) is 6.45. The lowest BCUT2D eigenvalue weighted by Crippen LogP contribution is -2.42. The quantitative estimate of drug-likeness (QED) is 0.557. The summed E-state index contributed by atoms with van der Waals surface area (Å²) in [6.07, 6.45) is -3.86. The van der Waals surface area contributed by atoms with Crippen LogP contribution in [0.4, 0.5) is 24.5 Å².